The molecule has 0 aromatic heterocycles. The van der Waals surface area contributed by atoms with E-state index in [4.69, 9.17) is 10.5 Å². The summed E-state index contributed by atoms with van der Waals surface area (Å²) < 4.78 is 5.41. The topological polar surface area (TPSA) is 58.8 Å². The van der Waals surface area contributed by atoms with Crippen LogP contribution < -0.4 is 5.73 Å². The van der Waals surface area contributed by atoms with E-state index in [1.165, 1.54) is 12.8 Å². The molecule has 2 aliphatic rings. The Labute approximate surface area is 132 Å². The minimum absolute atomic E-state index is 0.134. The standard InChI is InChI=1S/C15H29N3O2S/c1-21-11-4-14(16)15(19)18-7-5-17(6-8-18)12-13-2-9-20-10-3-13/h13-14H,2-12,16H2,1H3/t14-/m0/s1. The molecule has 1 amide bonds. The molecule has 21 heavy (non-hydrogen) atoms. The Balaban J connectivity index is 1.68. The van der Waals surface area contributed by atoms with Crippen molar-refractivity contribution < 1.29 is 9.53 Å². The zero-order valence-electron chi connectivity index (χ0n) is 13.1. The fourth-order valence-corrected chi connectivity index (χ4v) is 3.54. The Morgan fingerprint density at radius 2 is 1.95 bits per heavy atom. The highest BCUT2D eigenvalue weighted by atomic mass is 32.2. The van der Waals surface area contributed by atoms with Gasteiger partial charge in [-0.1, -0.05) is 0 Å². The molecule has 2 heterocycles. The third-order valence-electron chi connectivity index (χ3n) is 4.49. The van der Waals surface area contributed by atoms with Crippen LogP contribution in [0.3, 0.4) is 0 Å². The molecule has 0 saturated carbocycles. The first-order valence-electron chi connectivity index (χ1n) is 8.04. The van der Waals surface area contributed by atoms with Crippen LogP contribution in [0.4, 0.5) is 0 Å². The van der Waals surface area contributed by atoms with Crippen molar-refractivity contribution in [2.45, 2.75) is 25.3 Å². The first-order valence-corrected chi connectivity index (χ1v) is 9.43. The van der Waals surface area contributed by atoms with E-state index >= 15 is 0 Å². The van der Waals surface area contributed by atoms with Crippen LogP contribution >= 0.6 is 11.8 Å². The molecular formula is C15H29N3O2S. The predicted octanol–water partition coefficient (Wildman–Crippen LogP) is 0.638. The maximum absolute atomic E-state index is 12.3. The molecular weight excluding hydrogens is 286 g/mol. The summed E-state index contributed by atoms with van der Waals surface area (Å²) >= 11 is 1.74. The molecule has 1 atom stereocenters. The van der Waals surface area contributed by atoms with E-state index in [9.17, 15) is 4.79 Å². The number of hydrogen-bond acceptors (Lipinski definition) is 5. The number of amides is 1. The molecule has 0 radical (unpaired) electrons. The number of nitrogens with zero attached hydrogens (tertiary/aromatic N) is 2. The van der Waals surface area contributed by atoms with Gasteiger partial charge >= 0.3 is 0 Å². The van der Waals surface area contributed by atoms with Crippen molar-refractivity contribution in [3.8, 4) is 0 Å². The average Bonchev–Trinajstić information content (AvgIpc) is 2.53. The minimum Gasteiger partial charge on any atom is -0.381 e. The molecule has 2 aliphatic heterocycles. The Bertz CT molecular complexity index is 316. The van der Waals surface area contributed by atoms with E-state index in [2.05, 4.69) is 4.90 Å². The van der Waals surface area contributed by atoms with Crippen molar-refractivity contribution in [2.24, 2.45) is 11.7 Å². The molecule has 0 aliphatic carbocycles. The molecule has 2 fully saturated rings. The third-order valence-corrected chi connectivity index (χ3v) is 5.14. The van der Waals surface area contributed by atoms with Gasteiger partial charge in [0.25, 0.3) is 0 Å². The zero-order valence-corrected chi connectivity index (χ0v) is 13.9. The summed E-state index contributed by atoms with van der Waals surface area (Å²) in [5, 5.41) is 0. The Kier molecular flexibility index (Phi) is 7.29. The molecule has 0 unspecified atom stereocenters. The molecule has 122 valence electrons. The van der Waals surface area contributed by atoms with Crippen LogP contribution in [0.1, 0.15) is 19.3 Å². The first-order chi connectivity index (χ1) is 10.2. The number of carbonyl (C=O) groups excluding carboxylic acids is 1. The third kappa shape index (κ3) is 5.43. The smallest absolute Gasteiger partial charge is 0.239 e. The van der Waals surface area contributed by atoms with Crippen LogP contribution in [0, 0.1) is 5.92 Å². The number of hydrogen-bond donors (Lipinski definition) is 1. The van der Waals surface area contributed by atoms with Crippen molar-refractivity contribution in [1.29, 1.82) is 0 Å². The fourth-order valence-electron chi connectivity index (χ4n) is 3.05. The summed E-state index contributed by atoms with van der Waals surface area (Å²) in [7, 11) is 0. The average molecular weight is 315 g/mol. The monoisotopic (exact) mass is 315 g/mol. The Morgan fingerprint density at radius 1 is 1.29 bits per heavy atom. The van der Waals surface area contributed by atoms with Crippen molar-refractivity contribution in [3.63, 3.8) is 0 Å². The van der Waals surface area contributed by atoms with Gasteiger partial charge in [0.2, 0.25) is 5.91 Å². The van der Waals surface area contributed by atoms with E-state index < -0.39 is 0 Å². The summed E-state index contributed by atoms with van der Waals surface area (Å²) in [6, 6.07) is -0.320. The second kappa shape index (κ2) is 8.98. The van der Waals surface area contributed by atoms with Gasteiger partial charge in [0.15, 0.2) is 0 Å². The normalized spacial score (nSPS) is 23.2. The fraction of sp³-hybridized carbons (Fsp3) is 0.933. The molecule has 5 nitrogen and oxygen atoms in total. The van der Waals surface area contributed by atoms with Crippen LogP contribution in [-0.4, -0.2) is 79.7 Å². The van der Waals surface area contributed by atoms with Gasteiger partial charge in [-0.15, -0.1) is 0 Å². The van der Waals surface area contributed by atoms with Gasteiger partial charge in [0.1, 0.15) is 0 Å². The van der Waals surface area contributed by atoms with Gasteiger partial charge in [-0.3, -0.25) is 9.69 Å². The molecule has 0 aromatic rings. The summed E-state index contributed by atoms with van der Waals surface area (Å²) in [5.74, 6) is 1.86. The number of carbonyl (C=O) groups is 1. The number of thioether (sulfide) groups is 1. The highest BCUT2D eigenvalue weighted by Gasteiger charge is 2.26. The molecule has 0 spiro atoms. The number of rotatable bonds is 6. The van der Waals surface area contributed by atoms with Crippen LogP contribution in [0.15, 0.2) is 0 Å². The van der Waals surface area contributed by atoms with Gasteiger partial charge in [0.05, 0.1) is 6.04 Å². The lowest BCUT2D eigenvalue weighted by Gasteiger charge is -2.38. The second-order valence-electron chi connectivity index (χ2n) is 6.07. The van der Waals surface area contributed by atoms with E-state index in [1.54, 1.807) is 11.8 Å². The zero-order chi connectivity index (χ0) is 15.1. The second-order valence-corrected chi connectivity index (χ2v) is 7.06. The molecule has 0 bridgehead atoms. The van der Waals surface area contributed by atoms with Crippen LogP contribution in [0.5, 0.6) is 0 Å². The van der Waals surface area contributed by atoms with Crippen LogP contribution in [0.25, 0.3) is 0 Å². The van der Waals surface area contributed by atoms with Gasteiger partial charge in [-0.25, -0.2) is 0 Å². The highest BCUT2D eigenvalue weighted by molar-refractivity contribution is 7.98. The van der Waals surface area contributed by atoms with Gasteiger partial charge < -0.3 is 15.4 Å². The van der Waals surface area contributed by atoms with Crippen molar-refractivity contribution in [3.05, 3.63) is 0 Å². The van der Waals surface area contributed by atoms with E-state index in [0.717, 1.165) is 64.0 Å². The van der Waals surface area contributed by atoms with E-state index in [0.29, 0.717) is 0 Å². The van der Waals surface area contributed by atoms with Crippen molar-refractivity contribution >= 4 is 17.7 Å². The number of piperazine rings is 1. The summed E-state index contributed by atoms with van der Waals surface area (Å²) in [5.41, 5.74) is 5.99. The van der Waals surface area contributed by atoms with E-state index in [1.807, 2.05) is 11.2 Å². The minimum atomic E-state index is -0.320. The SMILES string of the molecule is CSCC[C@H](N)C(=O)N1CCN(CC2CCOCC2)CC1. The highest BCUT2D eigenvalue weighted by Crippen LogP contribution is 2.17. The lowest BCUT2D eigenvalue weighted by atomic mass is 9.99. The summed E-state index contributed by atoms with van der Waals surface area (Å²) in [6.07, 6.45) is 5.19. The predicted molar refractivity (Wildman–Crippen MR) is 87.5 cm³/mol. The van der Waals surface area contributed by atoms with Crippen LogP contribution in [-0.2, 0) is 9.53 Å². The van der Waals surface area contributed by atoms with Gasteiger partial charge in [-0.2, -0.15) is 11.8 Å². The first kappa shape index (κ1) is 17.1. The van der Waals surface area contributed by atoms with Gasteiger partial charge in [-0.05, 0) is 37.2 Å². The molecule has 0 aromatic carbocycles. The van der Waals surface area contributed by atoms with Crippen LogP contribution in [0.2, 0.25) is 0 Å². The summed E-state index contributed by atoms with van der Waals surface area (Å²) in [6.45, 7) is 6.60. The molecule has 2 saturated heterocycles. The molecule has 2 rings (SSSR count). The largest absolute Gasteiger partial charge is 0.381 e. The maximum atomic E-state index is 12.3. The summed E-state index contributed by atoms with van der Waals surface area (Å²) in [4.78, 5) is 16.7. The number of ether oxygens (including phenoxy) is 1. The molecule has 6 heteroatoms. The van der Waals surface area contributed by atoms with E-state index in [-0.39, 0.29) is 11.9 Å². The van der Waals surface area contributed by atoms with Crippen molar-refractivity contribution in [2.75, 3.05) is 57.9 Å². The Hall–Kier alpha value is -0.300. The van der Waals surface area contributed by atoms with Crippen molar-refractivity contribution in [1.82, 2.24) is 9.80 Å². The quantitative estimate of drug-likeness (QED) is 0.779. The maximum Gasteiger partial charge on any atom is 0.239 e. The Morgan fingerprint density at radius 3 is 2.57 bits per heavy atom. The lowest BCUT2D eigenvalue weighted by molar-refractivity contribution is -0.134. The molecule has 2 N–H and O–H groups in total. The lowest BCUT2D eigenvalue weighted by Crippen LogP contribution is -2.54. The number of nitrogens with two attached hydrogens (primary N) is 1. The van der Waals surface area contributed by atoms with Gasteiger partial charge in [0, 0.05) is 45.9 Å².